The van der Waals surface area contributed by atoms with Crippen LogP contribution >= 0.6 is 0 Å². The van der Waals surface area contributed by atoms with Gasteiger partial charge >= 0.3 is 72.1 Å². The molecule has 0 bridgehead atoms. The van der Waals surface area contributed by atoms with Gasteiger partial charge in [-0.1, -0.05) is 110 Å². The first-order valence-corrected chi connectivity index (χ1v) is 24.7. The van der Waals surface area contributed by atoms with Crippen molar-refractivity contribution in [3.8, 4) is 0 Å². The van der Waals surface area contributed by atoms with Gasteiger partial charge in [0.2, 0.25) is 0 Å². The summed E-state index contributed by atoms with van der Waals surface area (Å²) in [7, 11) is -0.676. The van der Waals surface area contributed by atoms with Crippen molar-refractivity contribution in [2.75, 3.05) is 0 Å². The van der Waals surface area contributed by atoms with Crippen LogP contribution in [-0.2, 0) is 21.6 Å². The molecule has 0 radical (unpaired) electrons. The number of hydrogen-bond donors (Lipinski definition) is 0. The van der Waals surface area contributed by atoms with Crippen LogP contribution in [0.1, 0.15) is 37.8 Å². The SMILES string of the molecule is CC1=[C-]CC=C1c1cccc2ccccc12.CC1=[C-]CC=C1c1cccc2ccccc12.[CH3][Ge](=[Zr+2])[c]1ccccc1.[Cl-].[Cl-]. The van der Waals surface area contributed by atoms with Crippen molar-refractivity contribution in [1.82, 2.24) is 0 Å². The number of hydrogen-bond acceptors (Lipinski definition) is 0. The van der Waals surface area contributed by atoms with E-state index in [-0.39, 0.29) is 24.8 Å². The molecule has 0 aromatic heterocycles. The molecule has 0 heterocycles. The molecule has 5 aromatic rings. The van der Waals surface area contributed by atoms with Crippen molar-refractivity contribution in [2.45, 2.75) is 32.4 Å². The van der Waals surface area contributed by atoms with E-state index in [2.05, 4.69) is 159 Å². The molecule has 0 nitrogen and oxygen atoms in total. The first-order valence-electron chi connectivity index (χ1n) is 14.2. The van der Waals surface area contributed by atoms with Crippen molar-refractivity contribution in [3.05, 3.63) is 162 Å². The predicted molar refractivity (Wildman–Crippen MR) is 176 cm³/mol. The summed E-state index contributed by atoms with van der Waals surface area (Å²) in [6.45, 7) is 4.28. The Morgan fingerprint density at radius 3 is 1.30 bits per heavy atom. The van der Waals surface area contributed by atoms with Crippen LogP contribution in [0.15, 0.2) is 139 Å². The van der Waals surface area contributed by atoms with E-state index >= 15 is 0 Å². The van der Waals surface area contributed by atoms with E-state index in [0.717, 1.165) is 12.8 Å². The molecule has 0 saturated heterocycles. The van der Waals surface area contributed by atoms with E-state index in [1.54, 1.807) is 26.0 Å². The molecule has 0 atom stereocenters. The molecule has 0 saturated carbocycles. The molecule has 5 aromatic carbocycles. The molecular weight excluding hydrogens is 703 g/mol. The minimum atomic E-state index is -0.676. The van der Waals surface area contributed by atoms with Crippen molar-refractivity contribution in [3.63, 3.8) is 0 Å². The van der Waals surface area contributed by atoms with Crippen molar-refractivity contribution >= 4 is 47.1 Å². The third-order valence-electron chi connectivity index (χ3n) is 7.52. The predicted octanol–water partition coefficient (Wildman–Crippen LogP) is 3.82. The molecule has 43 heavy (non-hydrogen) atoms. The molecule has 7 rings (SSSR count). The Balaban J connectivity index is 0.000000180. The maximum Gasteiger partial charge on any atom is -1.00 e. The summed E-state index contributed by atoms with van der Waals surface area (Å²) in [5.74, 6) is 2.41. The number of fused-ring (bicyclic) bond motifs is 2. The smallest absolute Gasteiger partial charge is 1.00 e. The third kappa shape index (κ3) is 8.83. The van der Waals surface area contributed by atoms with E-state index in [1.807, 2.05) is 0 Å². The second kappa shape index (κ2) is 17.2. The molecule has 0 unspecified atom stereocenters. The fourth-order valence-electron chi connectivity index (χ4n) is 5.34. The average Bonchev–Trinajstić information content (AvgIpc) is 3.65. The van der Waals surface area contributed by atoms with Gasteiger partial charge in [0.1, 0.15) is 0 Å². The number of allylic oxidation sites excluding steroid dienone is 8. The summed E-state index contributed by atoms with van der Waals surface area (Å²) in [5, 5.41) is 5.28. The van der Waals surface area contributed by atoms with Gasteiger partial charge in [0, 0.05) is 0 Å². The Hall–Kier alpha value is -2.41. The van der Waals surface area contributed by atoms with E-state index in [4.69, 9.17) is 0 Å². The maximum absolute atomic E-state index is 3.36. The van der Waals surface area contributed by atoms with Crippen LogP contribution in [0, 0.1) is 12.2 Å². The largest absolute Gasteiger partial charge is 1.00 e. The van der Waals surface area contributed by atoms with Crippen LogP contribution in [0.2, 0.25) is 5.76 Å². The normalized spacial score (nSPS) is 13.1. The molecule has 214 valence electrons. The van der Waals surface area contributed by atoms with Gasteiger partial charge in [-0.3, -0.25) is 12.2 Å². The standard InChI is InChI=1S/2C16H13.C7H8Ge.2ClH.Zr/c2*1-12-6-4-10-14(12)16-11-5-8-13-7-2-3-9-15(13)16;1-8-7-5-3-2-4-6-7;;;/h2*2-3,5,7-11H,4H2,1H3;2-6H,1H3;2*1H;/q2*-1;;;;+2/p-2. The quantitative estimate of drug-likeness (QED) is 0.196. The molecule has 2 aliphatic rings. The monoisotopic (exact) mass is 736 g/mol. The van der Waals surface area contributed by atoms with Gasteiger partial charge in [0.15, 0.2) is 0 Å². The van der Waals surface area contributed by atoms with Gasteiger partial charge < -0.3 is 24.8 Å². The van der Waals surface area contributed by atoms with Gasteiger partial charge in [-0.2, -0.15) is 23.3 Å². The Kier molecular flexibility index (Phi) is 14.0. The molecule has 2 aliphatic carbocycles. The Morgan fingerprint density at radius 2 is 0.930 bits per heavy atom. The zero-order chi connectivity index (χ0) is 28.6. The zero-order valence-corrected chi connectivity index (χ0v) is 30.9. The molecular formula is C39H34Cl2GeZr-2. The Labute approximate surface area is 285 Å². The van der Waals surface area contributed by atoms with Gasteiger partial charge in [-0.05, 0) is 21.5 Å². The van der Waals surface area contributed by atoms with E-state index in [9.17, 15) is 0 Å². The van der Waals surface area contributed by atoms with Gasteiger partial charge in [0.05, 0.1) is 0 Å². The second-order valence-corrected chi connectivity index (χ2v) is 23.7. The van der Waals surface area contributed by atoms with E-state index in [0.29, 0.717) is 0 Å². The van der Waals surface area contributed by atoms with Crippen LogP contribution in [0.5, 0.6) is 0 Å². The van der Waals surface area contributed by atoms with Crippen LogP contribution in [-0.4, -0.2) is 9.98 Å². The van der Waals surface area contributed by atoms with Crippen LogP contribution in [0.4, 0.5) is 0 Å². The second-order valence-electron chi connectivity index (χ2n) is 10.3. The average molecular weight is 737 g/mol. The summed E-state index contributed by atoms with van der Waals surface area (Å²) < 4.78 is 1.62. The summed E-state index contributed by atoms with van der Waals surface area (Å²) in [6, 6.07) is 40.9. The van der Waals surface area contributed by atoms with Crippen LogP contribution in [0.25, 0.3) is 32.7 Å². The first-order chi connectivity index (χ1) is 20.0. The fraction of sp³-hybridized carbons (Fsp3) is 0.128. The molecule has 0 aliphatic heterocycles. The van der Waals surface area contributed by atoms with Crippen molar-refractivity contribution in [2.24, 2.45) is 0 Å². The molecule has 0 fully saturated rings. The Morgan fingerprint density at radius 1 is 0.535 bits per heavy atom. The van der Waals surface area contributed by atoms with Crippen LogP contribution < -0.4 is 29.2 Å². The van der Waals surface area contributed by atoms with Gasteiger partial charge in [-0.25, -0.2) is 11.1 Å². The Bertz CT molecular complexity index is 1710. The summed E-state index contributed by atoms with van der Waals surface area (Å²) >= 11 is 1.76. The zero-order valence-electron chi connectivity index (χ0n) is 24.8. The molecule has 0 spiro atoms. The first kappa shape index (κ1) is 35.1. The van der Waals surface area contributed by atoms with Gasteiger partial charge in [0.25, 0.3) is 0 Å². The van der Waals surface area contributed by atoms with E-state index < -0.39 is 9.98 Å². The van der Waals surface area contributed by atoms with Crippen molar-refractivity contribution in [1.29, 1.82) is 0 Å². The number of halogens is 2. The number of benzene rings is 5. The molecule has 0 N–H and O–H groups in total. The summed E-state index contributed by atoms with van der Waals surface area (Å²) in [6.07, 6.45) is 13.1. The van der Waals surface area contributed by atoms with Gasteiger partial charge in [-0.15, -0.1) is 12.8 Å². The number of rotatable bonds is 3. The topological polar surface area (TPSA) is 0 Å². The fourth-order valence-corrected chi connectivity index (χ4v) is 8.92. The van der Waals surface area contributed by atoms with E-state index in [1.165, 1.54) is 55.0 Å². The molecule has 0 amide bonds. The summed E-state index contributed by atoms with van der Waals surface area (Å²) in [5.41, 5.74) is 7.91. The minimum Gasteiger partial charge on any atom is -1.00 e. The minimum absolute atomic E-state index is 0. The molecule has 4 heteroatoms. The maximum atomic E-state index is 3.36. The van der Waals surface area contributed by atoms with Crippen LogP contribution in [0.3, 0.4) is 0 Å². The summed E-state index contributed by atoms with van der Waals surface area (Å²) in [4.78, 5) is 0. The third-order valence-corrected chi connectivity index (χ3v) is 13.7. The van der Waals surface area contributed by atoms with Crippen molar-refractivity contribution < 1.29 is 46.4 Å².